The molecular formula is C6H14NO. The van der Waals surface area contributed by atoms with Crippen molar-refractivity contribution < 1.29 is 5.11 Å². The van der Waals surface area contributed by atoms with Crippen LogP contribution in [0.2, 0.25) is 0 Å². The molecule has 0 aliphatic carbocycles. The zero-order valence-corrected chi connectivity index (χ0v) is 5.68. The average molecular weight is 116 g/mol. The maximum absolute atomic E-state index is 10.1. The van der Waals surface area contributed by atoms with Gasteiger partial charge in [-0.3, -0.25) is 4.90 Å². The van der Waals surface area contributed by atoms with Crippen molar-refractivity contribution in [1.82, 2.24) is 4.90 Å². The molecule has 0 heterocycles. The van der Waals surface area contributed by atoms with E-state index in [1.54, 1.807) is 4.90 Å². The Hall–Kier alpha value is -0.0800. The lowest BCUT2D eigenvalue weighted by Gasteiger charge is -2.09. The Morgan fingerprint density at radius 1 is 1.50 bits per heavy atom. The monoisotopic (exact) mass is 116 g/mol. The van der Waals surface area contributed by atoms with E-state index in [1.807, 2.05) is 7.05 Å². The van der Waals surface area contributed by atoms with E-state index in [0.29, 0.717) is 0 Å². The SMILES string of the molecule is CCCCN(C)C[O]. The summed E-state index contributed by atoms with van der Waals surface area (Å²) >= 11 is 0. The number of unbranched alkanes of at least 4 members (excludes halogenated alkanes) is 1. The van der Waals surface area contributed by atoms with Crippen molar-refractivity contribution in [3.63, 3.8) is 0 Å². The van der Waals surface area contributed by atoms with Crippen molar-refractivity contribution in [3.8, 4) is 0 Å². The average Bonchev–Trinajstić information content (AvgIpc) is 1.83. The minimum absolute atomic E-state index is 0.0694. The van der Waals surface area contributed by atoms with Gasteiger partial charge >= 0.3 is 0 Å². The molecule has 0 aromatic carbocycles. The predicted octanol–water partition coefficient (Wildman–Crippen LogP) is 1.11. The molecule has 0 spiro atoms. The highest BCUT2D eigenvalue weighted by molar-refractivity contribution is 4.41. The summed E-state index contributed by atoms with van der Waals surface area (Å²) < 4.78 is 0. The van der Waals surface area contributed by atoms with E-state index in [-0.39, 0.29) is 6.73 Å². The molecule has 0 saturated heterocycles. The number of hydrogen-bond acceptors (Lipinski definition) is 1. The third-order valence-corrected chi connectivity index (χ3v) is 1.11. The summed E-state index contributed by atoms with van der Waals surface area (Å²) in [6.07, 6.45) is 2.31. The molecule has 0 N–H and O–H groups in total. The summed E-state index contributed by atoms with van der Waals surface area (Å²) in [6, 6.07) is 0. The zero-order chi connectivity index (χ0) is 6.41. The van der Waals surface area contributed by atoms with E-state index in [2.05, 4.69) is 6.92 Å². The molecule has 49 valence electrons. The highest BCUT2D eigenvalue weighted by Crippen LogP contribution is 1.88. The first-order chi connectivity index (χ1) is 3.81. The molecule has 0 rings (SSSR count). The highest BCUT2D eigenvalue weighted by atomic mass is 16.3. The van der Waals surface area contributed by atoms with Crippen molar-refractivity contribution in [3.05, 3.63) is 0 Å². The Morgan fingerprint density at radius 2 is 2.12 bits per heavy atom. The van der Waals surface area contributed by atoms with Gasteiger partial charge in [0.05, 0.1) is 0 Å². The molecule has 8 heavy (non-hydrogen) atoms. The van der Waals surface area contributed by atoms with E-state index in [0.717, 1.165) is 13.0 Å². The smallest absolute Gasteiger partial charge is 0.135 e. The van der Waals surface area contributed by atoms with Crippen LogP contribution < -0.4 is 0 Å². The van der Waals surface area contributed by atoms with Crippen LogP contribution in [-0.4, -0.2) is 25.2 Å². The highest BCUT2D eigenvalue weighted by Gasteiger charge is 1.91. The zero-order valence-electron chi connectivity index (χ0n) is 5.68. The van der Waals surface area contributed by atoms with Gasteiger partial charge in [0.2, 0.25) is 0 Å². The third kappa shape index (κ3) is 4.09. The molecule has 0 aromatic rings. The first-order valence-electron chi connectivity index (χ1n) is 3.08. The molecule has 0 bridgehead atoms. The number of hydrogen-bond donors (Lipinski definition) is 0. The van der Waals surface area contributed by atoms with Crippen LogP contribution in [0.25, 0.3) is 0 Å². The van der Waals surface area contributed by atoms with E-state index in [1.165, 1.54) is 6.42 Å². The molecule has 2 nitrogen and oxygen atoms in total. The fourth-order valence-electron chi connectivity index (χ4n) is 0.493. The van der Waals surface area contributed by atoms with Crippen LogP contribution in [0.4, 0.5) is 0 Å². The lowest BCUT2D eigenvalue weighted by atomic mass is 10.3. The molecule has 0 saturated carbocycles. The van der Waals surface area contributed by atoms with Gasteiger partial charge in [-0.15, -0.1) is 0 Å². The molecule has 0 unspecified atom stereocenters. The molecule has 0 amide bonds. The van der Waals surface area contributed by atoms with Gasteiger partial charge in [0.15, 0.2) is 0 Å². The fraction of sp³-hybridized carbons (Fsp3) is 1.00. The lowest BCUT2D eigenvalue weighted by molar-refractivity contribution is 0.0690. The molecular weight excluding hydrogens is 102 g/mol. The largest absolute Gasteiger partial charge is 0.281 e. The van der Waals surface area contributed by atoms with Gasteiger partial charge in [-0.25, -0.2) is 5.11 Å². The van der Waals surface area contributed by atoms with E-state index in [4.69, 9.17) is 0 Å². The summed E-state index contributed by atoms with van der Waals surface area (Å²) in [7, 11) is 1.85. The Bertz CT molecular complexity index is 47.8. The molecule has 0 atom stereocenters. The Labute approximate surface area is 51.1 Å². The number of nitrogens with zero attached hydrogens (tertiary/aromatic N) is 1. The van der Waals surface area contributed by atoms with Crippen molar-refractivity contribution in [2.75, 3.05) is 20.3 Å². The fourth-order valence-corrected chi connectivity index (χ4v) is 0.493. The summed E-state index contributed by atoms with van der Waals surface area (Å²) in [5.41, 5.74) is 0. The molecule has 1 radical (unpaired) electrons. The standard InChI is InChI=1S/C6H14NO/c1-3-4-5-7(2)6-8/h3-6H2,1-2H3. The molecule has 0 aromatic heterocycles. The molecule has 0 fully saturated rings. The third-order valence-electron chi connectivity index (χ3n) is 1.11. The second-order valence-corrected chi connectivity index (χ2v) is 2.06. The first-order valence-corrected chi connectivity index (χ1v) is 3.08. The summed E-state index contributed by atoms with van der Waals surface area (Å²) in [4.78, 5) is 1.78. The minimum Gasteiger partial charge on any atom is -0.281 e. The van der Waals surface area contributed by atoms with Crippen molar-refractivity contribution in [2.24, 2.45) is 0 Å². The Kier molecular flexibility index (Phi) is 5.01. The van der Waals surface area contributed by atoms with Crippen LogP contribution in [0.5, 0.6) is 0 Å². The van der Waals surface area contributed by atoms with E-state index >= 15 is 0 Å². The van der Waals surface area contributed by atoms with Gasteiger partial charge in [0.25, 0.3) is 0 Å². The topological polar surface area (TPSA) is 23.1 Å². The minimum atomic E-state index is -0.0694. The number of rotatable bonds is 4. The first kappa shape index (κ1) is 7.92. The summed E-state index contributed by atoms with van der Waals surface area (Å²) in [5, 5.41) is 10.1. The van der Waals surface area contributed by atoms with Gasteiger partial charge in [-0.2, -0.15) is 0 Å². The lowest BCUT2D eigenvalue weighted by Crippen LogP contribution is -2.19. The van der Waals surface area contributed by atoms with E-state index in [9.17, 15) is 5.11 Å². The van der Waals surface area contributed by atoms with Gasteiger partial charge in [-0.05, 0) is 13.5 Å². The van der Waals surface area contributed by atoms with Gasteiger partial charge in [0, 0.05) is 6.54 Å². The van der Waals surface area contributed by atoms with Crippen LogP contribution in [0.15, 0.2) is 0 Å². The van der Waals surface area contributed by atoms with Crippen LogP contribution in [0.3, 0.4) is 0 Å². The molecule has 0 aliphatic rings. The van der Waals surface area contributed by atoms with Crippen LogP contribution in [-0.2, 0) is 5.11 Å². The van der Waals surface area contributed by atoms with Crippen molar-refractivity contribution in [1.29, 1.82) is 0 Å². The quantitative estimate of drug-likeness (QED) is 0.504. The maximum Gasteiger partial charge on any atom is 0.135 e. The summed E-state index contributed by atoms with van der Waals surface area (Å²) in [6.45, 7) is 3.00. The Morgan fingerprint density at radius 3 is 2.50 bits per heavy atom. The van der Waals surface area contributed by atoms with Crippen LogP contribution in [0.1, 0.15) is 19.8 Å². The Balaban J connectivity index is 2.86. The van der Waals surface area contributed by atoms with Crippen molar-refractivity contribution >= 4 is 0 Å². The second-order valence-electron chi connectivity index (χ2n) is 2.06. The summed E-state index contributed by atoms with van der Waals surface area (Å²) in [5.74, 6) is 0. The van der Waals surface area contributed by atoms with Crippen LogP contribution >= 0.6 is 0 Å². The van der Waals surface area contributed by atoms with Gasteiger partial charge in [-0.1, -0.05) is 13.3 Å². The van der Waals surface area contributed by atoms with Crippen molar-refractivity contribution in [2.45, 2.75) is 19.8 Å². The normalized spacial score (nSPS) is 10.5. The molecule has 0 aliphatic heterocycles. The van der Waals surface area contributed by atoms with Crippen LogP contribution in [0, 0.1) is 0 Å². The maximum atomic E-state index is 10.1. The molecule has 2 heteroatoms. The second kappa shape index (κ2) is 5.06. The van der Waals surface area contributed by atoms with Gasteiger partial charge < -0.3 is 0 Å². The van der Waals surface area contributed by atoms with E-state index < -0.39 is 0 Å². The predicted molar refractivity (Wildman–Crippen MR) is 33.1 cm³/mol. The van der Waals surface area contributed by atoms with Gasteiger partial charge in [0.1, 0.15) is 6.73 Å².